The number of aromatic nitrogens is 4. The van der Waals surface area contributed by atoms with E-state index in [0.29, 0.717) is 80.1 Å². The van der Waals surface area contributed by atoms with Crippen LogP contribution in [0.1, 0.15) is 41.8 Å². The van der Waals surface area contributed by atoms with Gasteiger partial charge >= 0.3 is 12.4 Å². The summed E-state index contributed by atoms with van der Waals surface area (Å²) >= 11 is 6.50. The van der Waals surface area contributed by atoms with E-state index in [1.807, 2.05) is 0 Å². The highest BCUT2D eigenvalue weighted by atomic mass is 32.2. The molecule has 2 fully saturated rings. The Balaban J connectivity index is 1.38. The Bertz CT molecular complexity index is 1560. The number of carbonyl (C=O) groups excluding carboxylic acids is 1. The van der Waals surface area contributed by atoms with Crippen molar-refractivity contribution in [3.63, 3.8) is 0 Å². The van der Waals surface area contributed by atoms with Crippen LogP contribution in [-0.4, -0.2) is 86.7 Å². The van der Waals surface area contributed by atoms with Crippen LogP contribution in [0.5, 0.6) is 5.75 Å². The number of nitrogens with zero attached hydrogens (tertiary/aromatic N) is 5. The average Bonchev–Trinajstić information content (AvgIpc) is 3.64. The maximum absolute atomic E-state index is 13.7. The van der Waals surface area contributed by atoms with Gasteiger partial charge in [-0.25, -0.2) is 0 Å². The maximum atomic E-state index is 13.7. The molecule has 47 heavy (non-hydrogen) atoms. The second-order valence-electron chi connectivity index (χ2n) is 10.8. The molecule has 252 valence electrons. The molecule has 0 atom stereocenters. The van der Waals surface area contributed by atoms with Gasteiger partial charge in [0, 0.05) is 38.2 Å². The third-order valence-electron chi connectivity index (χ3n) is 7.51. The van der Waals surface area contributed by atoms with Crippen molar-refractivity contribution in [3.05, 3.63) is 63.8 Å². The number of morpholine rings is 1. The van der Waals surface area contributed by atoms with Gasteiger partial charge in [0.2, 0.25) is 0 Å². The van der Waals surface area contributed by atoms with Crippen molar-refractivity contribution in [3.8, 4) is 16.9 Å². The molecule has 3 heterocycles. The summed E-state index contributed by atoms with van der Waals surface area (Å²) < 4.78 is 94.0. The minimum Gasteiger partial charge on any atom is -0.492 e. The van der Waals surface area contributed by atoms with E-state index in [9.17, 15) is 31.1 Å². The van der Waals surface area contributed by atoms with Crippen LogP contribution in [0.25, 0.3) is 17.2 Å². The quantitative estimate of drug-likeness (QED) is 0.102. The van der Waals surface area contributed by atoms with E-state index in [-0.39, 0.29) is 40.4 Å². The van der Waals surface area contributed by atoms with Gasteiger partial charge in [-0.1, -0.05) is 41.7 Å². The zero-order valence-electron chi connectivity index (χ0n) is 24.9. The van der Waals surface area contributed by atoms with Crippen molar-refractivity contribution in [2.75, 3.05) is 46.0 Å². The highest BCUT2D eigenvalue weighted by molar-refractivity contribution is 8.26. The van der Waals surface area contributed by atoms with E-state index >= 15 is 0 Å². The fourth-order valence-corrected chi connectivity index (χ4v) is 6.38. The summed E-state index contributed by atoms with van der Waals surface area (Å²) in [7, 11) is 0. The molecule has 0 saturated carbocycles. The van der Waals surface area contributed by atoms with Crippen molar-refractivity contribution in [1.82, 2.24) is 30.4 Å². The molecular formula is C30H30F6N6O3S2. The van der Waals surface area contributed by atoms with Gasteiger partial charge in [0.15, 0.2) is 5.82 Å². The van der Waals surface area contributed by atoms with E-state index in [1.165, 1.54) is 23.1 Å². The average molecular weight is 701 g/mol. The van der Waals surface area contributed by atoms with Crippen LogP contribution < -0.4 is 4.74 Å². The number of aryl methyl sites for hydroxylation is 1. The first-order chi connectivity index (χ1) is 22.4. The number of thioether (sulfide) groups is 1. The lowest BCUT2D eigenvalue weighted by molar-refractivity contribution is -0.143. The van der Waals surface area contributed by atoms with Gasteiger partial charge in [-0.15, -0.1) is 10.2 Å². The number of amides is 1. The predicted molar refractivity (Wildman–Crippen MR) is 166 cm³/mol. The van der Waals surface area contributed by atoms with E-state index in [4.69, 9.17) is 21.7 Å². The number of unbranched alkanes of at least 4 members (excludes halogenated alkanes) is 2. The summed E-state index contributed by atoms with van der Waals surface area (Å²) in [6, 6.07) is 5.92. The smallest absolute Gasteiger partial charge is 0.416 e. The monoisotopic (exact) mass is 700 g/mol. The number of rotatable bonds is 12. The molecule has 17 heteroatoms. The lowest BCUT2D eigenvalue weighted by Gasteiger charge is -2.26. The minimum atomic E-state index is -5.02. The number of ether oxygens (including phenoxy) is 2. The first-order valence-corrected chi connectivity index (χ1v) is 16.0. The molecule has 1 amide bonds. The zero-order chi connectivity index (χ0) is 33.6. The normalized spacial score (nSPS) is 17.2. The first-order valence-electron chi connectivity index (χ1n) is 14.7. The van der Waals surface area contributed by atoms with Crippen LogP contribution >= 0.6 is 24.0 Å². The Labute approximate surface area is 275 Å². The Kier molecular flexibility index (Phi) is 11.2. The van der Waals surface area contributed by atoms with Crippen molar-refractivity contribution in [2.45, 2.75) is 38.0 Å². The number of halogens is 6. The molecule has 1 aromatic heterocycles. The van der Waals surface area contributed by atoms with Gasteiger partial charge in [-0.3, -0.25) is 14.6 Å². The molecular weight excluding hydrogens is 670 g/mol. The predicted octanol–water partition coefficient (Wildman–Crippen LogP) is 6.23. The van der Waals surface area contributed by atoms with Gasteiger partial charge in [0.1, 0.15) is 16.7 Å². The number of nitrogens with one attached hydrogen (secondary N) is 1. The number of alkyl halides is 6. The Hall–Kier alpha value is -3.54. The summed E-state index contributed by atoms with van der Waals surface area (Å²) in [5, 5.41) is 13.7. The lowest BCUT2D eigenvalue weighted by Crippen LogP contribution is -2.38. The van der Waals surface area contributed by atoms with Crippen LogP contribution in [0.4, 0.5) is 26.3 Å². The number of thiocarbonyl (C=S) groups is 1. The third kappa shape index (κ3) is 9.30. The molecule has 3 aromatic rings. The molecule has 0 aliphatic carbocycles. The molecule has 2 aliphatic rings. The van der Waals surface area contributed by atoms with Crippen LogP contribution in [0, 0.1) is 0 Å². The van der Waals surface area contributed by atoms with E-state index in [0.717, 1.165) is 24.6 Å². The summed E-state index contributed by atoms with van der Waals surface area (Å²) in [6.45, 7) is 3.48. The van der Waals surface area contributed by atoms with Crippen LogP contribution in [0.15, 0.2) is 41.3 Å². The van der Waals surface area contributed by atoms with Crippen molar-refractivity contribution in [2.24, 2.45) is 0 Å². The van der Waals surface area contributed by atoms with Gasteiger partial charge in [0.25, 0.3) is 5.91 Å². The van der Waals surface area contributed by atoms with Gasteiger partial charge in [0.05, 0.1) is 29.2 Å². The summed E-state index contributed by atoms with van der Waals surface area (Å²) in [5.41, 5.74) is -2.80. The fraction of sp³-hybridized carbons (Fsp3) is 0.433. The molecule has 2 aliphatic heterocycles. The summed E-state index contributed by atoms with van der Waals surface area (Å²) in [4.78, 5) is 17.1. The first kappa shape index (κ1) is 34.8. The SMILES string of the molecule is O=C1C(=Cc2ccc(OCCN3CCOCC3)c(-c3cc(C(F)(F)F)cc(C(F)(F)F)c3)c2)SC(=S)N1CCCCCc1nn[nH]n1. The topological polar surface area (TPSA) is 96.5 Å². The number of benzene rings is 2. The van der Waals surface area contributed by atoms with Crippen molar-refractivity contribution < 1.29 is 40.6 Å². The van der Waals surface area contributed by atoms with E-state index in [2.05, 4.69) is 25.5 Å². The van der Waals surface area contributed by atoms with Crippen molar-refractivity contribution >= 4 is 40.3 Å². The second kappa shape index (κ2) is 15.1. The number of aromatic amines is 1. The minimum absolute atomic E-state index is 0.0226. The largest absolute Gasteiger partial charge is 0.492 e. The molecule has 0 spiro atoms. The van der Waals surface area contributed by atoms with Crippen LogP contribution in [-0.2, 0) is 28.3 Å². The summed E-state index contributed by atoms with van der Waals surface area (Å²) in [6.07, 6.45) is -5.63. The van der Waals surface area contributed by atoms with Gasteiger partial charge in [-0.2, -0.15) is 31.6 Å². The number of H-pyrrole nitrogens is 1. The number of hydrogen-bond donors (Lipinski definition) is 1. The Morgan fingerprint density at radius 1 is 0.979 bits per heavy atom. The Morgan fingerprint density at radius 3 is 2.36 bits per heavy atom. The lowest BCUT2D eigenvalue weighted by atomic mass is 9.96. The molecule has 0 unspecified atom stereocenters. The standard InChI is InChI=1S/C30H30F6N6O3S2/c31-29(32,33)21-16-20(17-22(18-21)30(34,35)36)23-14-19(5-6-24(23)45-13-10-41-8-11-44-12-9-41)15-25-27(43)42(28(46)47-25)7-3-1-2-4-26-37-39-40-38-26/h5-6,14-18H,1-4,7-13H2,(H,37,38,39,40). The van der Waals surface area contributed by atoms with Gasteiger partial charge < -0.3 is 9.47 Å². The van der Waals surface area contributed by atoms with E-state index < -0.39 is 23.5 Å². The Morgan fingerprint density at radius 2 is 1.70 bits per heavy atom. The number of carbonyl (C=O) groups is 1. The fourth-order valence-electron chi connectivity index (χ4n) is 5.07. The molecule has 0 radical (unpaired) electrons. The van der Waals surface area contributed by atoms with E-state index in [1.54, 1.807) is 6.07 Å². The number of hydrogen-bond acceptors (Lipinski definition) is 9. The molecule has 2 saturated heterocycles. The summed E-state index contributed by atoms with van der Waals surface area (Å²) in [5.74, 6) is 0.381. The second-order valence-corrected chi connectivity index (χ2v) is 12.5. The molecule has 1 N–H and O–H groups in total. The number of tetrazole rings is 1. The van der Waals surface area contributed by atoms with Crippen molar-refractivity contribution in [1.29, 1.82) is 0 Å². The highest BCUT2D eigenvalue weighted by Crippen LogP contribution is 2.41. The maximum Gasteiger partial charge on any atom is 0.416 e. The zero-order valence-corrected chi connectivity index (χ0v) is 26.5. The molecule has 9 nitrogen and oxygen atoms in total. The molecule has 5 rings (SSSR count). The van der Waals surface area contributed by atoms with Crippen LogP contribution in [0.2, 0.25) is 0 Å². The highest BCUT2D eigenvalue weighted by Gasteiger charge is 2.37. The molecule has 2 aromatic carbocycles. The van der Waals surface area contributed by atoms with Gasteiger partial charge in [-0.05, 0) is 60.4 Å². The molecule has 0 bridgehead atoms. The van der Waals surface area contributed by atoms with Crippen LogP contribution in [0.3, 0.4) is 0 Å². The third-order valence-corrected chi connectivity index (χ3v) is 8.89.